The normalized spacial score (nSPS) is 18.2. The summed E-state index contributed by atoms with van der Waals surface area (Å²) in [5.74, 6) is 0. The topological polar surface area (TPSA) is 126 Å². The minimum absolute atomic E-state index is 0.233. The summed E-state index contributed by atoms with van der Waals surface area (Å²) in [6, 6.07) is 58.0. The van der Waals surface area contributed by atoms with Gasteiger partial charge >= 0.3 is 5.69 Å². The van der Waals surface area contributed by atoms with Crippen molar-refractivity contribution in [1.82, 2.24) is 9.55 Å². The van der Waals surface area contributed by atoms with Crippen LogP contribution in [0.1, 0.15) is 52.1 Å². The van der Waals surface area contributed by atoms with Crippen molar-refractivity contribution in [3.63, 3.8) is 0 Å². The van der Waals surface area contributed by atoms with Crippen LogP contribution in [0.2, 0.25) is 0 Å². The van der Waals surface area contributed by atoms with Gasteiger partial charge < -0.3 is 14.2 Å². The monoisotopic (exact) mass is 834 g/mol. The van der Waals surface area contributed by atoms with E-state index in [0.29, 0.717) is 12.0 Å². The van der Waals surface area contributed by atoms with Crippen LogP contribution in [0.4, 0.5) is 0 Å². The number of hydrogen-bond donors (Lipinski definition) is 1. The lowest BCUT2D eigenvalue weighted by Gasteiger charge is -2.40. The number of nitrogens with zero attached hydrogens (tertiary/aromatic N) is 1. The third-order valence-electron chi connectivity index (χ3n) is 11.1. The van der Waals surface area contributed by atoms with Gasteiger partial charge in [0.2, 0.25) is 0 Å². The van der Waals surface area contributed by atoms with Gasteiger partial charge in [0.15, 0.2) is 6.23 Å². The first-order valence-corrected chi connectivity index (χ1v) is 22.0. The van der Waals surface area contributed by atoms with Gasteiger partial charge in [0.05, 0.1) is 12.9 Å². The highest BCUT2D eigenvalue weighted by molar-refractivity contribution is 7.86. The van der Waals surface area contributed by atoms with Crippen LogP contribution >= 0.6 is 0 Å². The molecule has 0 aliphatic carbocycles. The fourth-order valence-corrected chi connectivity index (χ4v) is 9.02. The Morgan fingerprint density at radius 2 is 0.967 bits per heavy atom. The summed E-state index contributed by atoms with van der Waals surface area (Å²) in [6.45, 7) is 1.57. The summed E-state index contributed by atoms with van der Waals surface area (Å²) in [5.41, 5.74) is 1.01. The zero-order valence-corrected chi connectivity index (χ0v) is 34.6. The van der Waals surface area contributed by atoms with Crippen LogP contribution in [0.15, 0.2) is 198 Å². The van der Waals surface area contributed by atoms with Gasteiger partial charge in [-0.05, 0) is 39.8 Å². The van der Waals surface area contributed by atoms with E-state index in [1.54, 1.807) is 6.92 Å². The van der Waals surface area contributed by atoms with Crippen LogP contribution in [0.25, 0.3) is 0 Å². The molecule has 0 radical (unpaired) electrons. The number of aromatic amines is 1. The van der Waals surface area contributed by atoms with Gasteiger partial charge in [-0.3, -0.25) is 18.5 Å². The van der Waals surface area contributed by atoms with E-state index in [4.69, 9.17) is 18.4 Å². The average molecular weight is 835 g/mol. The van der Waals surface area contributed by atoms with Gasteiger partial charge in [-0.25, -0.2) is 4.79 Å². The number of aryl methyl sites for hydroxylation is 1. The summed E-state index contributed by atoms with van der Waals surface area (Å²) in [7, 11) is -4.23. The van der Waals surface area contributed by atoms with E-state index in [2.05, 4.69) is 4.98 Å². The Morgan fingerprint density at radius 3 is 1.33 bits per heavy atom. The Morgan fingerprint density at radius 1 is 0.590 bits per heavy atom. The zero-order valence-electron chi connectivity index (χ0n) is 33.7. The highest BCUT2D eigenvalue weighted by atomic mass is 32.2. The molecule has 61 heavy (non-hydrogen) atoms. The van der Waals surface area contributed by atoms with Crippen LogP contribution in [-0.4, -0.2) is 49.1 Å². The maximum atomic E-state index is 14.0. The number of benzene rings is 6. The highest BCUT2D eigenvalue weighted by Gasteiger charge is 2.55. The maximum absolute atomic E-state index is 14.0. The Balaban J connectivity index is 1.34. The molecule has 1 fully saturated rings. The zero-order chi connectivity index (χ0) is 42.5. The fourth-order valence-electron chi connectivity index (χ4n) is 8.38. The van der Waals surface area contributed by atoms with Crippen molar-refractivity contribution in [2.45, 2.75) is 49.1 Å². The highest BCUT2D eigenvalue weighted by Crippen LogP contribution is 2.47. The molecule has 4 atom stereocenters. The van der Waals surface area contributed by atoms with E-state index in [1.165, 1.54) is 10.8 Å². The summed E-state index contributed by atoms with van der Waals surface area (Å²) < 4.78 is 56.0. The van der Waals surface area contributed by atoms with E-state index in [0.717, 1.165) is 39.6 Å². The van der Waals surface area contributed by atoms with E-state index in [9.17, 15) is 18.0 Å². The molecule has 0 amide bonds. The number of nitrogens with one attached hydrogen (secondary N) is 1. The van der Waals surface area contributed by atoms with E-state index < -0.39 is 57.1 Å². The second-order valence-electron chi connectivity index (χ2n) is 15.0. The Hall–Kier alpha value is -6.21. The van der Waals surface area contributed by atoms with Crippen molar-refractivity contribution in [3.05, 3.63) is 248 Å². The molecule has 0 unspecified atom stereocenters. The Bertz CT molecular complexity index is 2560. The summed E-state index contributed by atoms with van der Waals surface area (Å²) >= 11 is 0. The third kappa shape index (κ3) is 8.31. The van der Waals surface area contributed by atoms with Crippen LogP contribution < -0.4 is 11.2 Å². The standard InChI is InChI=1S/C50H46N2O8S/c1-3-36-34-52(48(54)51-46(36)53)47-45(59-50(40-28-16-7-17-29-40,41-30-18-8-19-31-41)42-32-20-9-21-33-42)44(60-61(2,55)56)43(58-47)35-57-49(37-22-10-4-11-23-37,38-24-12-5-13-25-38)39-26-14-6-15-27-39/h4-34,43-45,47H,3,35H2,1-2H3,(H,51,53,54)/t43-,44-,45-,47-/m1/s1. The largest absolute Gasteiger partial charge is 0.358 e. The number of H-pyrrole nitrogens is 1. The number of aromatic nitrogens is 2. The van der Waals surface area contributed by atoms with Crippen LogP contribution in [0.3, 0.4) is 0 Å². The minimum Gasteiger partial charge on any atom is -0.358 e. The Labute approximate surface area is 355 Å². The van der Waals surface area contributed by atoms with Gasteiger partial charge in [-0.2, -0.15) is 8.42 Å². The van der Waals surface area contributed by atoms with Gasteiger partial charge in [0.25, 0.3) is 15.7 Å². The molecule has 1 aliphatic heterocycles. The maximum Gasteiger partial charge on any atom is 0.330 e. The van der Waals surface area contributed by atoms with Crippen LogP contribution in [-0.2, 0) is 46.1 Å². The lowest BCUT2D eigenvalue weighted by atomic mass is 9.79. The lowest BCUT2D eigenvalue weighted by Crippen LogP contribution is -2.47. The van der Waals surface area contributed by atoms with Crippen molar-refractivity contribution in [2.24, 2.45) is 0 Å². The van der Waals surface area contributed by atoms with Gasteiger partial charge in [0.1, 0.15) is 29.5 Å². The number of hydrogen-bond acceptors (Lipinski definition) is 8. The lowest BCUT2D eigenvalue weighted by molar-refractivity contribution is -0.123. The molecular weight excluding hydrogens is 789 g/mol. The van der Waals surface area contributed by atoms with Crippen molar-refractivity contribution in [1.29, 1.82) is 0 Å². The SMILES string of the molecule is CCc1cn([C@@H]2O[C@H](COC(c3ccccc3)(c3ccccc3)c3ccccc3)[C@@H](OS(C)(=O)=O)[C@H]2OC(c2ccccc2)(c2ccccc2)c2ccccc2)c(=O)[nH]c1=O. The molecule has 1 aromatic heterocycles. The summed E-state index contributed by atoms with van der Waals surface area (Å²) in [6.07, 6.45) is -2.48. The quantitative estimate of drug-likeness (QED) is 0.0823. The molecular formula is C50H46N2O8S. The van der Waals surface area contributed by atoms with Crippen LogP contribution in [0.5, 0.6) is 0 Å². The van der Waals surface area contributed by atoms with E-state index >= 15 is 0 Å². The molecule has 0 bridgehead atoms. The molecule has 2 heterocycles. The predicted octanol–water partition coefficient (Wildman–Crippen LogP) is 7.73. The van der Waals surface area contributed by atoms with E-state index in [-0.39, 0.29) is 6.61 Å². The molecule has 8 rings (SSSR count). The third-order valence-corrected chi connectivity index (χ3v) is 11.7. The van der Waals surface area contributed by atoms with Crippen molar-refractivity contribution in [2.75, 3.05) is 12.9 Å². The molecule has 1 aliphatic rings. The summed E-state index contributed by atoms with van der Waals surface area (Å²) in [5, 5.41) is 0. The molecule has 7 aromatic rings. The first-order chi connectivity index (χ1) is 29.6. The van der Waals surface area contributed by atoms with E-state index in [1.807, 2.05) is 182 Å². The minimum atomic E-state index is -4.23. The van der Waals surface area contributed by atoms with Crippen LogP contribution in [0, 0.1) is 0 Å². The van der Waals surface area contributed by atoms with Gasteiger partial charge in [0, 0.05) is 11.8 Å². The molecule has 0 spiro atoms. The van der Waals surface area contributed by atoms with Gasteiger partial charge in [-0.15, -0.1) is 0 Å². The number of ether oxygens (including phenoxy) is 3. The first kappa shape index (κ1) is 41.5. The Kier molecular flexibility index (Phi) is 12.1. The van der Waals surface area contributed by atoms with Gasteiger partial charge in [-0.1, -0.05) is 189 Å². The van der Waals surface area contributed by atoms with Crippen molar-refractivity contribution < 1.29 is 26.8 Å². The molecule has 1 saturated heterocycles. The predicted molar refractivity (Wildman–Crippen MR) is 234 cm³/mol. The smallest absolute Gasteiger partial charge is 0.330 e. The molecule has 6 aromatic carbocycles. The summed E-state index contributed by atoms with van der Waals surface area (Å²) in [4.78, 5) is 29.4. The average Bonchev–Trinajstić information content (AvgIpc) is 3.61. The molecule has 11 heteroatoms. The van der Waals surface area contributed by atoms with Crippen molar-refractivity contribution in [3.8, 4) is 0 Å². The fraction of sp³-hybridized carbons (Fsp3) is 0.200. The molecule has 310 valence electrons. The molecule has 1 N–H and O–H groups in total. The molecule has 0 saturated carbocycles. The van der Waals surface area contributed by atoms with Crippen molar-refractivity contribution >= 4 is 10.1 Å². The molecule has 10 nitrogen and oxygen atoms in total. The second-order valence-corrected chi connectivity index (χ2v) is 16.6. The second kappa shape index (κ2) is 17.8. The number of rotatable bonds is 15. The first-order valence-electron chi connectivity index (χ1n) is 20.2.